The highest BCUT2D eigenvalue weighted by Crippen LogP contribution is 2.12. The summed E-state index contributed by atoms with van der Waals surface area (Å²) in [6, 6.07) is 6.33. The predicted octanol–water partition coefficient (Wildman–Crippen LogP) is 1.33. The van der Waals surface area contributed by atoms with Gasteiger partial charge in [-0.2, -0.15) is 0 Å². The van der Waals surface area contributed by atoms with Gasteiger partial charge in [0.05, 0.1) is 6.04 Å². The first-order valence-corrected chi connectivity index (χ1v) is 6.19. The third kappa shape index (κ3) is 5.67. The molecule has 4 N–H and O–H groups in total. The number of nitrogens with two attached hydrogens (primary N) is 1. The van der Waals surface area contributed by atoms with Crippen molar-refractivity contribution in [2.24, 2.45) is 10.8 Å². The molecule has 0 fully saturated rings. The average molecular weight is 268 g/mol. The predicted molar refractivity (Wildman–Crippen MR) is 74.1 cm³/mol. The van der Waals surface area contributed by atoms with Crippen molar-refractivity contribution in [1.82, 2.24) is 10.7 Å². The first-order chi connectivity index (χ1) is 9.17. The Labute approximate surface area is 113 Å². The van der Waals surface area contributed by atoms with Crippen LogP contribution in [0.2, 0.25) is 0 Å². The lowest BCUT2D eigenvalue weighted by Crippen LogP contribution is -2.42. The zero-order chi connectivity index (χ0) is 14.1. The third-order valence-electron chi connectivity index (χ3n) is 2.62. The molecule has 0 heterocycles. The Kier molecular flexibility index (Phi) is 6.84. The lowest BCUT2D eigenvalue weighted by Gasteiger charge is -2.17. The molecule has 1 aromatic rings. The molecular formula is C13H21FN4O. The number of ether oxygens (including phenoxy) is 1. The molecule has 5 nitrogen and oxygen atoms in total. The SMILES string of the molecule is COCCCN=C(NN)NC(C)c1cccc(F)c1. The number of methoxy groups -OCH3 is 1. The molecule has 6 heteroatoms. The van der Waals surface area contributed by atoms with Gasteiger partial charge in [0.1, 0.15) is 5.82 Å². The van der Waals surface area contributed by atoms with Gasteiger partial charge in [-0.15, -0.1) is 0 Å². The van der Waals surface area contributed by atoms with Gasteiger partial charge in [0.25, 0.3) is 0 Å². The van der Waals surface area contributed by atoms with Crippen LogP contribution in [0.25, 0.3) is 0 Å². The summed E-state index contributed by atoms with van der Waals surface area (Å²) in [7, 11) is 1.65. The van der Waals surface area contributed by atoms with E-state index in [4.69, 9.17) is 10.6 Å². The molecular weight excluding hydrogens is 247 g/mol. The van der Waals surface area contributed by atoms with Crippen molar-refractivity contribution in [3.63, 3.8) is 0 Å². The zero-order valence-electron chi connectivity index (χ0n) is 11.3. The number of nitrogens with one attached hydrogen (secondary N) is 2. The van der Waals surface area contributed by atoms with E-state index < -0.39 is 0 Å². The maximum Gasteiger partial charge on any atom is 0.206 e. The molecule has 1 unspecified atom stereocenters. The number of halogens is 1. The van der Waals surface area contributed by atoms with Crippen molar-refractivity contribution < 1.29 is 9.13 Å². The topological polar surface area (TPSA) is 71.7 Å². The lowest BCUT2D eigenvalue weighted by molar-refractivity contribution is 0.197. The van der Waals surface area contributed by atoms with Gasteiger partial charge in [0.15, 0.2) is 0 Å². The Hall–Kier alpha value is -1.66. The van der Waals surface area contributed by atoms with E-state index in [2.05, 4.69) is 15.7 Å². The Morgan fingerprint density at radius 1 is 1.53 bits per heavy atom. The fourth-order valence-electron chi connectivity index (χ4n) is 1.60. The fraction of sp³-hybridized carbons (Fsp3) is 0.462. The number of hydrogen-bond acceptors (Lipinski definition) is 3. The van der Waals surface area contributed by atoms with Crippen LogP contribution in [0.4, 0.5) is 4.39 Å². The first-order valence-electron chi connectivity index (χ1n) is 6.19. The molecule has 106 valence electrons. The molecule has 0 aliphatic rings. The zero-order valence-corrected chi connectivity index (χ0v) is 11.3. The number of hydrogen-bond donors (Lipinski definition) is 3. The number of hydrazine groups is 1. The molecule has 1 rings (SSSR count). The molecule has 0 aromatic heterocycles. The molecule has 1 aromatic carbocycles. The highest BCUT2D eigenvalue weighted by atomic mass is 19.1. The van der Waals surface area contributed by atoms with Crippen LogP contribution in [-0.4, -0.2) is 26.2 Å². The summed E-state index contributed by atoms with van der Waals surface area (Å²) in [5.74, 6) is 5.62. The summed E-state index contributed by atoms with van der Waals surface area (Å²) >= 11 is 0. The van der Waals surface area contributed by atoms with E-state index >= 15 is 0 Å². The molecule has 0 bridgehead atoms. The van der Waals surface area contributed by atoms with Gasteiger partial charge in [0.2, 0.25) is 5.96 Å². The minimum Gasteiger partial charge on any atom is -0.385 e. The van der Waals surface area contributed by atoms with Gasteiger partial charge in [0, 0.05) is 20.3 Å². The minimum absolute atomic E-state index is 0.0899. The van der Waals surface area contributed by atoms with Crippen molar-refractivity contribution in [3.8, 4) is 0 Å². The number of rotatable bonds is 6. The number of benzene rings is 1. The van der Waals surface area contributed by atoms with Gasteiger partial charge in [-0.1, -0.05) is 12.1 Å². The molecule has 19 heavy (non-hydrogen) atoms. The lowest BCUT2D eigenvalue weighted by atomic mass is 10.1. The van der Waals surface area contributed by atoms with Gasteiger partial charge in [-0.3, -0.25) is 10.4 Å². The Bertz CT molecular complexity index is 411. The summed E-state index contributed by atoms with van der Waals surface area (Å²) in [5.41, 5.74) is 3.33. The van der Waals surface area contributed by atoms with E-state index in [1.807, 2.05) is 13.0 Å². The van der Waals surface area contributed by atoms with E-state index in [1.54, 1.807) is 13.2 Å². The minimum atomic E-state index is -0.259. The second-order valence-electron chi connectivity index (χ2n) is 4.14. The largest absolute Gasteiger partial charge is 0.385 e. The van der Waals surface area contributed by atoms with Crippen molar-refractivity contribution in [3.05, 3.63) is 35.6 Å². The van der Waals surface area contributed by atoms with Crippen molar-refractivity contribution in [2.75, 3.05) is 20.3 Å². The smallest absolute Gasteiger partial charge is 0.206 e. The van der Waals surface area contributed by atoms with Crippen LogP contribution in [0.3, 0.4) is 0 Å². The van der Waals surface area contributed by atoms with Crippen LogP contribution in [-0.2, 0) is 4.74 Å². The van der Waals surface area contributed by atoms with E-state index in [1.165, 1.54) is 12.1 Å². The van der Waals surface area contributed by atoms with Crippen LogP contribution in [0.1, 0.15) is 24.9 Å². The number of aliphatic imine (C=N–C) groups is 1. The fourth-order valence-corrected chi connectivity index (χ4v) is 1.60. The van der Waals surface area contributed by atoms with Gasteiger partial charge in [-0.05, 0) is 31.0 Å². The first kappa shape index (κ1) is 15.4. The molecule has 0 spiro atoms. The summed E-state index contributed by atoms with van der Waals surface area (Å²) < 4.78 is 18.1. The van der Waals surface area contributed by atoms with Crippen molar-refractivity contribution >= 4 is 5.96 Å². The normalized spacial score (nSPS) is 13.2. The van der Waals surface area contributed by atoms with E-state index in [0.717, 1.165) is 12.0 Å². The number of nitrogens with zero attached hydrogens (tertiary/aromatic N) is 1. The van der Waals surface area contributed by atoms with Gasteiger partial charge < -0.3 is 10.1 Å². The molecule has 0 radical (unpaired) electrons. The third-order valence-corrected chi connectivity index (χ3v) is 2.62. The summed E-state index contributed by atoms with van der Waals surface area (Å²) in [6.45, 7) is 3.17. The molecule has 1 atom stereocenters. The average Bonchev–Trinajstić information content (AvgIpc) is 2.42. The van der Waals surface area contributed by atoms with Crippen LogP contribution in [0, 0.1) is 5.82 Å². The summed E-state index contributed by atoms with van der Waals surface area (Å²) in [6.07, 6.45) is 0.817. The van der Waals surface area contributed by atoms with Gasteiger partial charge >= 0.3 is 0 Å². The van der Waals surface area contributed by atoms with Gasteiger partial charge in [-0.25, -0.2) is 10.2 Å². The quantitative estimate of drug-likeness (QED) is 0.239. The Morgan fingerprint density at radius 3 is 2.95 bits per heavy atom. The van der Waals surface area contributed by atoms with Crippen LogP contribution in [0.5, 0.6) is 0 Å². The highest BCUT2D eigenvalue weighted by Gasteiger charge is 2.07. The Balaban J connectivity index is 2.55. The van der Waals surface area contributed by atoms with Crippen LogP contribution in [0.15, 0.2) is 29.3 Å². The van der Waals surface area contributed by atoms with E-state index in [0.29, 0.717) is 19.1 Å². The summed E-state index contributed by atoms with van der Waals surface area (Å²) in [4.78, 5) is 4.26. The maximum atomic E-state index is 13.1. The van der Waals surface area contributed by atoms with E-state index in [-0.39, 0.29) is 11.9 Å². The standard InChI is InChI=1S/C13H21FN4O/c1-10(11-5-3-6-12(14)9-11)17-13(18-15)16-7-4-8-19-2/h3,5-6,9-10H,4,7-8,15H2,1-2H3,(H2,16,17,18). The van der Waals surface area contributed by atoms with Crippen molar-refractivity contribution in [1.29, 1.82) is 0 Å². The van der Waals surface area contributed by atoms with Crippen LogP contribution >= 0.6 is 0 Å². The second-order valence-corrected chi connectivity index (χ2v) is 4.14. The molecule has 0 aliphatic heterocycles. The molecule has 0 saturated carbocycles. The molecule has 0 saturated heterocycles. The molecule has 0 aliphatic carbocycles. The van der Waals surface area contributed by atoms with Crippen molar-refractivity contribution in [2.45, 2.75) is 19.4 Å². The molecule has 0 amide bonds. The monoisotopic (exact) mass is 268 g/mol. The van der Waals surface area contributed by atoms with Crippen LogP contribution < -0.4 is 16.6 Å². The number of guanidine groups is 1. The second kappa shape index (κ2) is 8.44. The maximum absolute atomic E-state index is 13.1. The highest BCUT2D eigenvalue weighted by molar-refractivity contribution is 5.79. The van der Waals surface area contributed by atoms with E-state index in [9.17, 15) is 4.39 Å². The Morgan fingerprint density at radius 2 is 2.32 bits per heavy atom. The summed E-state index contributed by atoms with van der Waals surface area (Å²) in [5, 5.41) is 3.09.